The van der Waals surface area contributed by atoms with E-state index in [1.807, 2.05) is 64.1 Å². The van der Waals surface area contributed by atoms with Crippen molar-refractivity contribution < 1.29 is 19.4 Å². The van der Waals surface area contributed by atoms with Gasteiger partial charge in [-0.2, -0.15) is 0 Å². The van der Waals surface area contributed by atoms with Crippen molar-refractivity contribution in [2.24, 2.45) is 5.92 Å². The second-order valence-corrected chi connectivity index (χ2v) is 7.91. The molecule has 1 unspecified atom stereocenters. The predicted octanol–water partition coefficient (Wildman–Crippen LogP) is 6.95. The first-order valence-electron chi connectivity index (χ1n) is 10.7. The van der Waals surface area contributed by atoms with E-state index in [9.17, 15) is 4.79 Å². The lowest BCUT2D eigenvalue weighted by Crippen LogP contribution is -2.25. The minimum atomic E-state index is -0.800. The van der Waals surface area contributed by atoms with E-state index >= 15 is 0 Å². The summed E-state index contributed by atoms with van der Waals surface area (Å²) in [7, 11) is 0. The summed E-state index contributed by atoms with van der Waals surface area (Å²) < 4.78 is 12.0. The molecular formula is C25H35ClO4. The topological polar surface area (TPSA) is 55.8 Å². The van der Waals surface area contributed by atoms with Crippen molar-refractivity contribution in [3.05, 3.63) is 58.1 Å². The van der Waals surface area contributed by atoms with Crippen LogP contribution in [0.25, 0.3) is 0 Å². The van der Waals surface area contributed by atoms with Crippen molar-refractivity contribution in [2.75, 3.05) is 0 Å². The summed E-state index contributed by atoms with van der Waals surface area (Å²) in [5, 5.41) is 9.74. The third-order valence-corrected chi connectivity index (χ3v) is 4.68. The molecule has 0 spiro atoms. The van der Waals surface area contributed by atoms with E-state index in [1.54, 1.807) is 6.92 Å². The summed E-state index contributed by atoms with van der Waals surface area (Å²) in [6.45, 7) is 14.2. The molecule has 0 saturated heterocycles. The fourth-order valence-corrected chi connectivity index (χ4v) is 3.48. The third kappa shape index (κ3) is 7.24. The fourth-order valence-electron chi connectivity index (χ4n) is 3.22. The number of hydrogen-bond acceptors (Lipinski definition) is 3. The van der Waals surface area contributed by atoms with Gasteiger partial charge in [0.2, 0.25) is 0 Å². The predicted molar refractivity (Wildman–Crippen MR) is 124 cm³/mol. The molecule has 1 heterocycles. The summed E-state index contributed by atoms with van der Waals surface area (Å²) >= 11 is 6.25. The maximum atomic E-state index is 11.0. The van der Waals surface area contributed by atoms with Crippen LogP contribution in [0, 0.1) is 5.92 Å². The number of carboxylic acid groups (broad SMARTS) is 1. The molecular weight excluding hydrogens is 400 g/mol. The maximum absolute atomic E-state index is 11.0. The molecule has 2 aromatic rings. The molecule has 0 fully saturated rings. The number of halogens is 1. The number of rotatable bonds is 6. The SMILES string of the molecule is CC.CC.CC(Cc1cccc(OCc2cc(Cl)cc3c2OC(C)(C)C3)c1)C(=O)O. The van der Waals surface area contributed by atoms with Crippen LogP contribution in [0.15, 0.2) is 36.4 Å². The van der Waals surface area contributed by atoms with E-state index in [4.69, 9.17) is 26.2 Å². The zero-order valence-corrected chi connectivity index (χ0v) is 20.0. The zero-order chi connectivity index (χ0) is 22.9. The van der Waals surface area contributed by atoms with Crippen molar-refractivity contribution in [3.63, 3.8) is 0 Å². The molecule has 3 rings (SSSR count). The Morgan fingerprint density at radius 2 is 1.87 bits per heavy atom. The summed E-state index contributed by atoms with van der Waals surface area (Å²) in [6.07, 6.45) is 1.29. The highest BCUT2D eigenvalue weighted by Gasteiger charge is 2.32. The Balaban J connectivity index is 0.00000106. The van der Waals surface area contributed by atoms with Crippen molar-refractivity contribution in [2.45, 2.75) is 73.5 Å². The van der Waals surface area contributed by atoms with E-state index in [-0.39, 0.29) is 5.60 Å². The molecule has 5 heteroatoms. The number of fused-ring (bicyclic) bond motifs is 1. The number of carboxylic acids is 1. The smallest absolute Gasteiger partial charge is 0.306 e. The molecule has 1 aliphatic heterocycles. The van der Waals surface area contributed by atoms with Gasteiger partial charge in [-0.25, -0.2) is 0 Å². The highest BCUT2D eigenvalue weighted by molar-refractivity contribution is 6.30. The van der Waals surface area contributed by atoms with Crippen LogP contribution in [0.3, 0.4) is 0 Å². The van der Waals surface area contributed by atoms with Gasteiger partial charge >= 0.3 is 5.97 Å². The van der Waals surface area contributed by atoms with Crippen LogP contribution < -0.4 is 9.47 Å². The molecule has 0 aromatic heterocycles. The van der Waals surface area contributed by atoms with Crippen LogP contribution in [0.4, 0.5) is 0 Å². The standard InChI is InChI=1S/C21H23ClO4.2C2H6/c1-13(20(23)24)7-14-5-4-6-18(8-14)25-12-16-10-17(22)9-15-11-21(2,3)26-19(15)16;2*1-2/h4-6,8-10,13H,7,11-12H2,1-3H3,(H,23,24);2*1-2H3. The molecule has 1 aliphatic rings. The van der Waals surface area contributed by atoms with Crippen molar-refractivity contribution in [1.29, 1.82) is 0 Å². The number of carbonyl (C=O) groups is 1. The summed E-state index contributed by atoms with van der Waals surface area (Å²) in [5.41, 5.74) is 2.72. The van der Waals surface area contributed by atoms with Crippen LogP contribution in [0.2, 0.25) is 5.02 Å². The second-order valence-electron chi connectivity index (χ2n) is 7.47. The van der Waals surface area contributed by atoms with Gasteiger partial charge in [-0.05, 0) is 55.7 Å². The Morgan fingerprint density at radius 3 is 2.50 bits per heavy atom. The lowest BCUT2D eigenvalue weighted by Gasteiger charge is -2.18. The number of benzene rings is 2. The summed E-state index contributed by atoms with van der Waals surface area (Å²) in [5.74, 6) is 0.323. The number of aliphatic carboxylic acids is 1. The first-order chi connectivity index (χ1) is 14.2. The Hall–Kier alpha value is -2.20. The second kappa shape index (κ2) is 11.8. The molecule has 0 saturated carbocycles. The van der Waals surface area contributed by atoms with Gasteiger partial charge in [-0.3, -0.25) is 4.79 Å². The van der Waals surface area contributed by atoms with Crippen molar-refractivity contribution in [3.8, 4) is 11.5 Å². The van der Waals surface area contributed by atoms with Gasteiger partial charge in [0.25, 0.3) is 0 Å². The molecule has 1 atom stereocenters. The van der Waals surface area contributed by atoms with Gasteiger partial charge in [0.15, 0.2) is 0 Å². The minimum Gasteiger partial charge on any atom is -0.489 e. The molecule has 2 aromatic carbocycles. The van der Waals surface area contributed by atoms with E-state index in [0.717, 1.165) is 28.9 Å². The normalized spacial score (nSPS) is 14.1. The molecule has 30 heavy (non-hydrogen) atoms. The quantitative estimate of drug-likeness (QED) is 0.534. The molecule has 0 aliphatic carbocycles. The first kappa shape index (κ1) is 25.8. The average Bonchev–Trinajstić information content (AvgIpc) is 3.03. The fraction of sp³-hybridized carbons (Fsp3) is 0.480. The van der Waals surface area contributed by atoms with Crippen molar-refractivity contribution in [1.82, 2.24) is 0 Å². The Morgan fingerprint density at radius 1 is 1.20 bits per heavy atom. The molecule has 0 bridgehead atoms. The van der Waals surface area contributed by atoms with Gasteiger partial charge in [0, 0.05) is 17.0 Å². The van der Waals surface area contributed by atoms with Crippen LogP contribution in [0.1, 0.15) is 65.2 Å². The average molecular weight is 435 g/mol. The molecule has 1 N–H and O–H groups in total. The maximum Gasteiger partial charge on any atom is 0.306 e. The lowest BCUT2D eigenvalue weighted by molar-refractivity contribution is -0.141. The molecule has 0 amide bonds. The van der Waals surface area contributed by atoms with Crippen LogP contribution >= 0.6 is 11.6 Å². The first-order valence-corrected chi connectivity index (χ1v) is 11.1. The van der Waals surface area contributed by atoms with Gasteiger partial charge in [0.1, 0.15) is 23.7 Å². The van der Waals surface area contributed by atoms with Gasteiger partial charge in [0.05, 0.1) is 5.92 Å². The highest BCUT2D eigenvalue weighted by Crippen LogP contribution is 2.40. The zero-order valence-electron chi connectivity index (χ0n) is 19.2. The summed E-state index contributed by atoms with van der Waals surface area (Å²) in [6, 6.07) is 11.4. The van der Waals surface area contributed by atoms with E-state index in [0.29, 0.717) is 23.8 Å². The third-order valence-electron chi connectivity index (χ3n) is 4.46. The van der Waals surface area contributed by atoms with Crippen LogP contribution in [-0.4, -0.2) is 16.7 Å². The van der Waals surface area contributed by atoms with Gasteiger partial charge in [-0.15, -0.1) is 0 Å². The van der Waals surface area contributed by atoms with Crippen LogP contribution in [0.5, 0.6) is 11.5 Å². The Bertz CT molecular complexity index is 830. The van der Waals surface area contributed by atoms with E-state index in [2.05, 4.69) is 13.8 Å². The summed E-state index contributed by atoms with van der Waals surface area (Å²) in [4.78, 5) is 11.0. The minimum absolute atomic E-state index is 0.241. The largest absolute Gasteiger partial charge is 0.489 e. The Kier molecular flexibility index (Phi) is 10.2. The number of hydrogen-bond donors (Lipinski definition) is 1. The lowest BCUT2D eigenvalue weighted by atomic mass is 10.0. The monoisotopic (exact) mass is 434 g/mol. The Labute approximate surface area is 186 Å². The number of ether oxygens (including phenoxy) is 2. The van der Waals surface area contributed by atoms with Gasteiger partial charge in [-0.1, -0.05) is 58.4 Å². The van der Waals surface area contributed by atoms with E-state index in [1.165, 1.54) is 0 Å². The van der Waals surface area contributed by atoms with E-state index < -0.39 is 11.9 Å². The van der Waals surface area contributed by atoms with Gasteiger partial charge < -0.3 is 14.6 Å². The van der Waals surface area contributed by atoms with Crippen molar-refractivity contribution >= 4 is 17.6 Å². The molecule has 0 radical (unpaired) electrons. The van der Waals surface area contributed by atoms with Crippen LogP contribution in [-0.2, 0) is 24.2 Å². The highest BCUT2D eigenvalue weighted by atomic mass is 35.5. The molecule has 166 valence electrons. The molecule has 4 nitrogen and oxygen atoms in total.